The summed E-state index contributed by atoms with van der Waals surface area (Å²) in [6, 6.07) is 5.11. The molecule has 0 saturated heterocycles. The Balaban J connectivity index is 2.33. The van der Waals surface area contributed by atoms with Gasteiger partial charge >= 0.3 is 0 Å². The van der Waals surface area contributed by atoms with Gasteiger partial charge in [-0.15, -0.1) is 0 Å². The van der Waals surface area contributed by atoms with Gasteiger partial charge in [-0.05, 0) is 18.6 Å². The molecule has 1 aliphatic heterocycles. The van der Waals surface area contributed by atoms with E-state index in [1.807, 2.05) is 0 Å². The molecule has 5 nitrogen and oxygen atoms in total. The van der Waals surface area contributed by atoms with Crippen LogP contribution in [0.5, 0.6) is 0 Å². The topological polar surface area (TPSA) is 72.5 Å². The van der Waals surface area contributed by atoms with E-state index in [4.69, 9.17) is 4.74 Å². The highest BCUT2D eigenvalue weighted by molar-refractivity contribution is 5.99. The molecule has 0 aliphatic carbocycles. The number of rotatable bonds is 4. The molecular weight excluding hydrogens is 222 g/mol. The zero-order chi connectivity index (χ0) is 12.4. The fourth-order valence-corrected chi connectivity index (χ4v) is 1.86. The van der Waals surface area contributed by atoms with Gasteiger partial charge < -0.3 is 10.1 Å². The van der Waals surface area contributed by atoms with Crippen LogP contribution in [0.25, 0.3) is 0 Å². The Morgan fingerprint density at radius 3 is 2.94 bits per heavy atom. The van der Waals surface area contributed by atoms with Gasteiger partial charge in [-0.2, -0.15) is 0 Å². The van der Waals surface area contributed by atoms with Crippen LogP contribution in [0.4, 0.5) is 5.69 Å². The van der Waals surface area contributed by atoms with E-state index < -0.39 is 6.10 Å². The van der Waals surface area contributed by atoms with Crippen molar-refractivity contribution in [2.45, 2.75) is 19.4 Å². The van der Waals surface area contributed by atoms with Crippen LogP contribution in [0.15, 0.2) is 18.2 Å². The van der Waals surface area contributed by atoms with Gasteiger partial charge in [-0.1, -0.05) is 12.1 Å². The molecule has 88 valence electrons. The zero-order valence-corrected chi connectivity index (χ0v) is 9.23. The Morgan fingerprint density at radius 1 is 1.53 bits per heavy atom. The molecule has 0 radical (unpaired) electrons. The Bertz CT molecular complexity index is 495. The standard InChI is InChI=1S/C12H11NO4/c1-7(15)12(17-6-14)9-3-2-8-5-11(16)13-10(8)4-9/h2-4,6,12H,5H2,1H3,(H,13,16). The van der Waals surface area contributed by atoms with Gasteiger partial charge in [0, 0.05) is 11.3 Å². The van der Waals surface area contributed by atoms with Crippen LogP contribution in [-0.2, 0) is 25.5 Å². The van der Waals surface area contributed by atoms with Crippen molar-refractivity contribution in [3.05, 3.63) is 29.3 Å². The van der Waals surface area contributed by atoms with Crippen molar-refractivity contribution in [1.82, 2.24) is 0 Å². The minimum Gasteiger partial charge on any atom is -0.452 e. The first-order valence-corrected chi connectivity index (χ1v) is 5.14. The molecule has 0 aromatic heterocycles. The second kappa shape index (κ2) is 4.37. The number of benzene rings is 1. The number of ketones is 1. The molecule has 0 saturated carbocycles. The average Bonchev–Trinajstić information content (AvgIpc) is 2.64. The fourth-order valence-electron chi connectivity index (χ4n) is 1.86. The molecule has 0 spiro atoms. The third-order valence-corrected chi connectivity index (χ3v) is 2.62. The van der Waals surface area contributed by atoms with E-state index in [-0.39, 0.29) is 18.2 Å². The number of carbonyl (C=O) groups excluding carboxylic acids is 3. The van der Waals surface area contributed by atoms with Crippen LogP contribution in [-0.4, -0.2) is 18.2 Å². The fraction of sp³-hybridized carbons (Fsp3) is 0.250. The Labute approximate surface area is 97.8 Å². The van der Waals surface area contributed by atoms with Crippen molar-refractivity contribution in [2.75, 3.05) is 5.32 Å². The Hall–Kier alpha value is -2.17. The van der Waals surface area contributed by atoms with Gasteiger partial charge in [0.2, 0.25) is 5.91 Å². The Kier molecular flexibility index (Phi) is 2.91. The lowest BCUT2D eigenvalue weighted by Crippen LogP contribution is -2.12. The van der Waals surface area contributed by atoms with E-state index in [0.29, 0.717) is 17.7 Å². The molecule has 1 amide bonds. The number of anilines is 1. The molecule has 1 N–H and O–H groups in total. The lowest BCUT2D eigenvalue weighted by molar-refractivity contribution is -0.143. The second-order valence-electron chi connectivity index (χ2n) is 3.86. The predicted octanol–water partition coefficient (Wildman–Crippen LogP) is 0.984. The number of amides is 1. The monoisotopic (exact) mass is 233 g/mol. The second-order valence-corrected chi connectivity index (χ2v) is 3.86. The van der Waals surface area contributed by atoms with E-state index >= 15 is 0 Å². The van der Waals surface area contributed by atoms with E-state index in [2.05, 4.69) is 5.32 Å². The summed E-state index contributed by atoms with van der Waals surface area (Å²) in [6.07, 6.45) is -0.565. The minimum absolute atomic E-state index is 0.0761. The first kappa shape index (κ1) is 11.3. The molecule has 0 fully saturated rings. The van der Waals surface area contributed by atoms with Gasteiger partial charge in [-0.25, -0.2) is 0 Å². The van der Waals surface area contributed by atoms with Gasteiger partial charge in [0.05, 0.1) is 6.42 Å². The maximum atomic E-state index is 11.3. The molecule has 1 aromatic rings. The van der Waals surface area contributed by atoms with Crippen LogP contribution in [0.1, 0.15) is 24.2 Å². The van der Waals surface area contributed by atoms with E-state index in [1.54, 1.807) is 18.2 Å². The number of fused-ring (bicyclic) bond motifs is 1. The molecule has 1 atom stereocenters. The summed E-state index contributed by atoms with van der Waals surface area (Å²) in [5, 5.41) is 2.68. The highest BCUT2D eigenvalue weighted by atomic mass is 16.5. The quantitative estimate of drug-likeness (QED) is 0.787. The third-order valence-electron chi connectivity index (χ3n) is 2.62. The molecular formula is C12H11NO4. The molecule has 1 aromatic carbocycles. The number of Topliss-reactive ketones (excluding diaryl/α,β-unsaturated/α-hetero) is 1. The van der Waals surface area contributed by atoms with Crippen molar-refractivity contribution >= 4 is 23.9 Å². The summed E-state index contributed by atoms with van der Waals surface area (Å²) < 4.78 is 4.73. The number of nitrogens with one attached hydrogen (secondary N) is 1. The van der Waals surface area contributed by atoms with Crippen LogP contribution in [0.3, 0.4) is 0 Å². The largest absolute Gasteiger partial charge is 0.452 e. The number of hydrogen-bond acceptors (Lipinski definition) is 4. The summed E-state index contributed by atoms with van der Waals surface area (Å²) in [4.78, 5) is 32.8. The van der Waals surface area contributed by atoms with E-state index in [0.717, 1.165) is 5.56 Å². The lowest BCUT2D eigenvalue weighted by atomic mass is 10.0. The van der Waals surface area contributed by atoms with Crippen molar-refractivity contribution in [1.29, 1.82) is 0 Å². The van der Waals surface area contributed by atoms with E-state index in [1.165, 1.54) is 6.92 Å². The predicted molar refractivity (Wildman–Crippen MR) is 59.3 cm³/mol. The van der Waals surface area contributed by atoms with Gasteiger partial charge in [0.1, 0.15) is 0 Å². The SMILES string of the molecule is CC(=O)C(OC=O)c1ccc2c(c1)NC(=O)C2. The van der Waals surface area contributed by atoms with Gasteiger partial charge in [0.25, 0.3) is 6.47 Å². The molecule has 17 heavy (non-hydrogen) atoms. The minimum atomic E-state index is -0.907. The van der Waals surface area contributed by atoms with Crippen LogP contribution >= 0.6 is 0 Å². The van der Waals surface area contributed by atoms with Crippen molar-refractivity contribution in [3.8, 4) is 0 Å². The summed E-state index contributed by atoms with van der Waals surface area (Å²) in [5.41, 5.74) is 2.12. The third kappa shape index (κ3) is 2.18. The molecule has 1 aliphatic rings. The number of hydrogen-bond donors (Lipinski definition) is 1. The lowest BCUT2D eigenvalue weighted by Gasteiger charge is -2.13. The average molecular weight is 233 g/mol. The first-order chi connectivity index (χ1) is 8.11. The summed E-state index contributed by atoms with van der Waals surface area (Å²) in [5.74, 6) is -0.339. The van der Waals surface area contributed by atoms with Gasteiger partial charge in [-0.3, -0.25) is 14.4 Å². The van der Waals surface area contributed by atoms with E-state index in [9.17, 15) is 14.4 Å². The van der Waals surface area contributed by atoms with Crippen LogP contribution in [0.2, 0.25) is 0 Å². The number of ether oxygens (including phenoxy) is 1. The summed E-state index contributed by atoms with van der Waals surface area (Å²) >= 11 is 0. The normalized spacial score (nSPS) is 14.8. The maximum Gasteiger partial charge on any atom is 0.294 e. The first-order valence-electron chi connectivity index (χ1n) is 5.14. The highest BCUT2D eigenvalue weighted by Crippen LogP contribution is 2.28. The van der Waals surface area contributed by atoms with Gasteiger partial charge in [0.15, 0.2) is 11.9 Å². The van der Waals surface area contributed by atoms with Crippen molar-refractivity contribution < 1.29 is 19.1 Å². The Morgan fingerprint density at radius 2 is 2.29 bits per heavy atom. The molecule has 5 heteroatoms. The van der Waals surface area contributed by atoms with Crippen molar-refractivity contribution in [3.63, 3.8) is 0 Å². The van der Waals surface area contributed by atoms with Crippen LogP contribution in [0, 0.1) is 0 Å². The maximum absolute atomic E-state index is 11.3. The number of carbonyl (C=O) groups is 3. The molecule has 1 heterocycles. The van der Waals surface area contributed by atoms with Crippen LogP contribution < -0.4 is 5.32 Å². The smallest absolute Gasteiger partial charge is 0.294 e. The summed E-state index contributed by atoms with van der Waals surface area (Å²) in [6.45, 7) is 1.60. The highest BCUT2D eigenvalue weighted by Gasteiger charge is 2.22. The molecule has 1 unspecified atom stereocenters. The zero-order valence-electron chi connectivity index (χ0n) is 9.23. The molecule has 0 bridgehead atoms. The summed E-state index contributed by atoms with van der Waals surface area (Å²) in [7, 11) is 0. The molecule has 2 rings (SSSR count). The van der Waals surface area contributed by atoms with Crippen molar-refractivity contribution in [2.24, 2.45) is 0 Å².